The number of nitrogens with zero attached hydrogens (tertiary/aromatic N) is 1. The zero-order valence-corrected chi connectivity index (χ0v) is 13.8. The van der Waals surface area contributed by atoms with Gasteiger partial charge in [-0.2, -0.15) is 11.8 Å². The van der Waals surface area contributed by atoms with Crippen LogP contribution in [0.5, 0.6) is 5.75 Å². The van der Waals surface area contributed by atoms with Gasteiger partial charge in [-0.25, -0.2) is 0 Å². The minimum absolute atomic E-state index is 0.0176. The van der Waals surface area contributed by atoms with Crippen LogP contribution in [-0.4, -0.2) is 41.0 Å². The summed E-state index contributed by atoms with van der Waals surface area (Å²) >= 11 is 1.93. The van der Waals surface area contributed by atoms with Gasteiger partial charge in [0.15, 0.2) is 5.75 Å². The number of rotatable bonds is 3. The van der Waals surface area contributed by atoms with Crippen LogP contribution in [0, 0.1) is 0 Å². The summed E-state index contributed by atoms with van der Waals surface area (Å²) < 4.78 is 5.80. The van der Waals surface area contributed by atoms with Crippen LogP contribution in [0.1, 0.15) is 37.6 Å². The van der Waals surface area contributed by atoms with Crippen molar-refractivity contribution < 1.29 is 9.53 Å². The Morgan fingerprint density at radius 3 is 2.90 bits per heavy atom. The monoisotopic (exact) mass is 308 g/mol. The first-order chi connectivity index (χ1) is 9.94. The van der Waals surface area contributed by atoms with Crippen molar-refractivity contribution in [2.45, 2.75) is 31.9 Å². The molecule has 2 N–H and O–H groups in total. The molecule has 0 spiro atoms. The molecule has 0 radical (unpaired) electrons. The predicted molar refractivity (Wildman–Crippen MR) is 89.1 cm³/mol. The number of hydrogen-bond acceptors (Lipinski definition) is 4. The Bertz CT molecular complexity index is 517. The highest BCUT2D eigenvalue weighted by Gasteiger charge is 2.28. The van der Waals surface area contributed by atoms with E-state index in [1.807, 2.05) is 29.7 Å². The maximum Gasteiger partial charge on any atom is 0.257 e. The van der Waals surface area contributed by atoms with Gasteiger partial charge in [-0.05, 0) is 25.5 Å². The molecule has 1 amide bonds. The Labute approximate surface area is 131 Å². The lowest BCUT2D eigenvalue weighted by atomic mass is 10.1. The molecule has 1 aliphatic heterocycles. The van der Waals surface area contributed by atoms with Crippen LogP contribution in [0.2, 0.25) is 0 Å². The molecule has 1 aromatic rings. The number of benzene rings is 1. The molecule has 21 heavy (non-hydrogen) atoms. The first-order valence-corrected chi connectivity index (χ1v) is 8.37. The third-order valence-corrected chi connectivity index (χ3v) is 5.06. The third kappa shape index (κ3) is 3.84. The van der Waals surface area contributed by atoms with Gasteiger partial charge in [-0.3, -0.25) is 4.79 Å². The summed E-state index contributed by atoms with van der Waals surface area (Å²) in [4.78, 5) is 14.7. The predicted octanol–water partition coefficient (Wildman–Crippen LogP) is 3.03. The van der Waals surface area contributed by atoms with E-state index in [1.165, 1.54) is 0 Å². The highest BCUT2D eigenvalue weighted by atomic mass is 32.2. The van der Waals surface area contributed by atoms with Crippen LogP contribution in [0.15, 0.2) is 18.2 Å². The van der Waals surface area contributed by atoms with Crippen molar-refractivity contribution in [3.05, 3.63) is 23.8 Å². The van der Waals surface area contributed by atoms with Crippen molar-refractivity contribution in [1.29, 1.82) is 0 Å². The number of para-hydroxylation sites is 1. The Morgan fingerprint density at radius 2 is 2.19 bits per heavy atom. The Kier molecular flexibility index (Phi) is 5.04. The van der Waals surface area contributed by atoms with Crippen molar-refractivity contribution in [2.24, 2.45) is 0 Å². The largest absolute Gasteiger partial charge is 0.491 e. The van der Waals surface area contributed by atoms with Gasteiger partial charge in [-0.15, -0.1) is 0 Å². The molecule has 0 atom stereocenters. The van der Waals surface area contributed by atoms with Gasteiger partial charge >= 0.3 is 0 Å². The van der Waals surface area contributed by atoms with Gasteiger partial charge in [-0.1, -0.05) is 19.9 Å². The lowest BCUT2D eigenvalue weighted by Crippen LogP contribution is -2.34. The average molecular weight is 308 g/mol. The fraction of sp³-hybridized carbons (Fsp3) is 0.562. The third-order valence-electron chi connectivity index (χ3n) is 3.69. The van der Waals surface area contributed by atoms with Gasteiger partial charge in [0.25, 0.3) is 5.91 Å². The fourth-order valence-electron chi connectivity index (χ4n) is 2.42. The second-order valence-electron chi connectivity index (χ2n) is 5.81. The molecule has 0 unspecified atom stereocenters. The Balaban J connectivity index is 2.22. The summed E-state index contributed by atoms with van der Waals surface area (Å²) in [6.07, 6.45) is 0.996. The molecule has 1 aliphatic rings. The van der Waals surface area contributed by atoms with Crippen molar-refractivity contribution >= 4 is 23.4 Å². The molecule has 116 valence electrons. The van der Waals surface area contributed by atoms with E-state index in [0.717, 1.165) is 25.3 Å². The lowest BCUT2D eigenvalue weighted by molar-refractivity contribution is 0.0760. The van der Waals surface area contributed by atoms with E-state index in [2.05, 4.69) is 13.8 Å². The number of thioether (sulfide) groups is 1. The van der Waals surface area contributed by atoms with Gasteiger partial charge in [0, 0.05) is 23.6 Å². The number of anilines is 1. The van der Waals surface area contributed by atoms with Crippen molar-refractivity contribution in [3.8, 4) is 5.75 Å². The first-order valence-electron chi connectivity index (χ1n) is 7.39. The number of ether oxygens (including phenoxy) is 1. The molecule has 1 fully saturated rings. The van der Waals surface area contributed by atoms with Crippen LogP contribution < -0.4 is 10.5 Å². The smallest absolute Gasteiger partial charge is 0.257 e. The molecule has 0 aromatic heterocycles. The van der Waals surface area contributed by atoms with Crippen LogP contribution in [0.3, 0.4) is 0 Å². The maximum atomic E-state index is 12.8. The van der Waals surface area contributed by atoms with Gasteiger partial charge < -0.3 is 15.4 Å². The SMILES string of the molecule is CCOc1c(N)cccc1C(=O)N1CCSC(C)(C)CC1. The van der Waals surface area contributed by atoms with Gasteiger partial charge in [0.1, 0.15) is 0 Å². The molecule has 1 aromatic carbocycles. The minimum Gasteiger partial charge on any atom is -0.491 e. The highest BCUT2D eigenvalue weighted by Crippen LogP contribution is 2.32. The zero-order valence-electron chi connectivity index (χ0n) is 13.0. The molecular weight excluding hydrogens is 284 g/mol. The molecule has 0 bridgehead atoms. The number of hydrogen-bond donors (Lipinski definition) is 1. The van der Waals surface area contributed by atoms with E-state index in [0.29, 0.717) is 23.6 Å². The Morgan fingerprint density at radius 1 is 1.43 bits per heavy atom. The maximum absolute atomic E-state index is 12.8. The summed E-state index contributed by atoms with van der Waals surface area (Å²) in [6, 6.07) is 5.37. The zero-order chi connectivity index (χ0) is 15.5. The quantitative estimate of drug-likeness (QED) is 0.872. The lowest BCUT2D eigenvalue weighted by Gasteiger charge is -2.23. The first kappa shape index (κ1) is 16.0. The molecule has 2 rings (SSSR count). The molecule has 0 saturated carbocycles. The summed E-state index contributed by atoms with van der Waals surface area (Å²) in [5.74, 6) is 1.50. The second-order valence-corrected chi connectivity index (χ2v) is 7.61. The van der Waals surface area contributed by atoms with E-state index in [9.17, 15) is 4.79 Å². The minimum atomic E-state index is 0.0176. The van der Waals surface area contributed by atoms with Gasteiger partial charge in [0.05, 0.1) is 17.9 Å². The van der Waals surface area contributed by atoms with Crippen molar-refractivity contribution in [3.63, 3.8) is 0 Å². The van der Waals surface area contributed by atoms with Crippen LogP contribution in [-0.2, 0) is 0 Å². The average Bonchev–Trinajstić information content (AvgIpc) is 2.61. The van der Waals surface area contributed by atoms with Gasteiger partial charge in [0.2, 0.25) is 0 Å². The summed E-state index contributed by atoms with van der Waals surface area (Å²) in [5, 5.41) is 0. The summed E-state index contributed by atoms with van der Waals surface area (Å²) in [7, 11) is 0. The Hall–Kier alpha value is -1.36. The normalized spacial score (nSPS) is 18.1. The standard InChI is InChI=1S/C16H24N2O2S/c1-4-20-14-12(6-5-7-13(14)17)15(19)18-9-8-16(2,3)21-11-10-18/h5-7H,4,8-11,17H2,1-3H3. The molecular formula is C16H24N2O2S. The fourth-order valence-corrected chi connectivity index (χ4v) is 3.52. The molecule has 4 nitrogen and oxygen atoms in total. The second kappa shape index (κ2) is 6.60. The van der Waals surface area contributed by atoms with Crippen LogP contribution >= 0.6 is 11.8 Å². The molecule has 1 saturated heterocycles. The summed E-state index contributed by atoms with van der Waals surface area (Å²) in [6.45, 7) is 8.41. The van der Waals surface area contributed by atoms with Crippen molar-refractivity contribution in [1.82, 2.24) is 4.90 Å². The van der Waals surface area contributed by atoms with E-state index in [-0.39, 0.29) is 10.7 Å². The molecule has 0 aliphatic carbocycles. The van der Waals surface area contributed by atoms with E-state index >= 15 is 0 Å². The summed E-state index contributed by atoms with van der Waals surface area (Å²) in [5.41, 5.74) is 7.04. The van der Waals surface area contributed by atoms with Crippen LogP contribution in [0.25, 0.3) is 0 Å². The van der Waals surface area contributed by atoms with E-state index in [1.54, 1.807) is 12.1 Å². The molecule has 5 heteroatoms. The number of amides is 1. The van der Waals surface area contributed by atoms with E-state index < -0.39 is 0 Å². The van der Waals surface area contributed by atoms with Crippen LogP contribution in [0.4, 0.5) is 5.69 Å². The van der Waals surface area contributed by atoms with E-state index in [4.69, 9.17) is 10.5 Å². The highest BCUT2D eigenvalue weighted by molar-refractivity contribution is 8.00. The number of nitrogen functional groups attached to an aromatic ring is 1. The topological polar surface area (TPSA) is 55.6 Å². The number of nitrogens with two attached hydrogens (primary N) is 1. The molecule has 1 heterocycles. The number of carbonyl (C=O) groups is 1. The van der Waals surface area contributed by atoms with Crippen molar-refractivity contribution in [2.75, 3.05) is 31.2 Å². The number of carbonyl (C=O) groups excluding carboxylic acids is 1.